The highest BCUT2D eigenvalue weighted by Crippen LogP contribution is 2.23. The third-order valence-electron chi connectivity index (χ3n) is 4.64. The largest absolute Gasteiger partial charge is 0.324 e. The Kier molecular flexibility index (Phi) is 6.01. The predicted molar refractivity (Wildman–Crippen MR) is 93.2 cm³/mol. The summed E-state index contributed by atoms with van der Waals surface area (Å²) in [5.74, 6) is 0.852. The molecular formula is C19H30N2O. The number of hydrogen-bond acceptors (Lipinski definition) is 2. The van der Waals surface area contributed by atoms with Gasteiger partial charge in [0, 0.05) is 5.69 Å². The Morgan fingerprint density at radius 1 is 1.27 bits per heavy atom. The van der Waals surface area contributed by atoms with Crippen molar-refractivity contribution < 1.29 is 4.79 Å². The Labute approximate surface area is 135 Å². The number of benzene rings is 1. The molecule has 1 amide bonds. The van der Waals surface area contributed by atoms with Gasteiger partial charge in [-0.2, -0.15) is 0 Å². The third-order valence-corrected chi connectivity index (χ3v) is 4.64. The first-order chi connectivity index (χ1) is 10.5. The lowest BCUT2D eigenvalue weighted by Gasteiger charge is -2.35. The molecule has 1 fully saturated rings. The molecule has 1 aromatic carbocycles. The molecule has 1 aliphatic rings. The molecule has 22 heavy (non-hydrogen) atoms. The molecule has 0 saturated carbocycles. The maximum absolute atomic E-state index is 12.8. The van der Waals surface area contributed by atoms with Crippen molar-refractivity contribution in [2.24, 2.45) is 5.92 Å². The van der Waals surface area contributed by atoms with Crippen molar-refractivity contribution >= 4 is 11.6 Å². The summed E-state index contributed by atoms with van der Waals surface area (Å²) in [5, 5.41) is 3.19. The lowest BCUT2D eigenvalue weighted by molar-refractivity contribution is -0.122. The van der Waals surface area contributed by atoms with E-state index in [1.54, 1.807) is 0 Å². The summed E-state index contributed by atoms with van der Waals surface area (Å²) >= 11 is 0. The lowest BCUT2D eigenvalue weighted by atomic mass is 9.99. The molecule has 0 spiro atoms. The van der Waals surface area contributed by atoms with Crippen LogP contribution in [0.1, 0.15) is 50.7 Å². The van der Waals surface area contributed by atoms with E-state index in [4.69, 9.17) is 0 Å². The first-order valence-corrected chi connectivity index (χ1v) is 8.60. The molecule has 1 aliphatic heterocycles. The first-order valence-electron chi connectivity index (χ1n) is 8.60. The molecule has 1 aromatic rings. The highest BCUT2D eigenvalue weighted by atomic mass is 16.2. The number of carbonyl (C=O) groups excluding carboxylic acids is 1. The fourth-order valence-corrected chi connectivity index (χ4v) is 3.20. The van der Waals surface area contributed by atoms with E-state index in [0.717, 1.165) is 49.2 Å². The standard InChI is InChI=1S/C19H30N2O/c1-14(2)11-13-21-12-6-5-10-17(21)19(22)20-18-15(3)8-7-9-16(18)4/h7-9,14,17H,5-6,10-13H2,1-4H3,(H,20,22). The average Bonchev–Trinajstić information content (AvgIpc) is 2.49. The van der Waals surface area contributed by atoms with Gasteiger partial charge in [-0.05, 0) is 63.2 Å². The van der Waals surface area contributed by atoms with E-state index in [1.807, 2.05) is 6.07 Å². The van der Waals surface area contributed by atoms with Gasteiger partial charge in [0.15, 0.2) is 0 Å². The molecule has 0 radical (unpaired) electrons. The van der Waals surface area contributed by atoms with Crippen LogP contribution < -0.4 is 5.32 Å². The quantitative estimate of drug-likeness (QED) is 0.886. The summed E-state index contributed by atoms with van der Waals surface area (Å²) in [6, 6.07) is 6.18. The van der Waals surface area contributed by atoms with Crippen molar-refractivity contribution in [3.63, 3.8) is 0 Å². The van der Waals surface area contributed by atoms with Gasteiger partial charge in [-0.1, -0.05) is 38.5 Å². The van der Waals surface area contributed by atoms with E-state index in [-0.39, 0.29) is 11.9 Å². The predicted octanol–water partition coefficient (Wildman–Crippen LogP) is 4.14. The number of likely N-dealkylation sites (tertiary alicyclic amines) is 1. The number of hydrogen-bond donors (Lipinski definition) is 1. The monoisotopic (exact) mass is 302 g/mol. The minimum atomic E-state index is 0.0338. The molecule has 3 nitrogen and oxygen atoms in total. The number of amides is 1. The summed E-state index contributed by atoms with van der Waals surface area (Å²) in [6.45, 7) is 10.7. The molecule has 2 rings (SSSR count). The van der Waals surface area contributed by atoms with Crippen molar-refractivity contribution in [2.75, 3.05) is 18.4 Å². The number of nitrogens with zero attached hydrogens (tertiary/aromatic N) is 1. The van der Waals surface area contributed by atoms with Crippen LogP contribution in [0.25, 0.3) is 0 Å². The van der Waals surface area contributed by atoms with E-state index in [1.165, 1.54) is 6.42 Å². The van der Waals surface area contributed by atoms with Gasteiger partial charge >= 0.3 is 0 Å². The van der Waals surface area contributed by atoms with Crippen molar-refractivity contribution in [2.45, 2.75) is 59.4 Å². The molecule has 0 aliphatic carbocycles. The summed E-state index contributed by atoms with van der Waals surface area (Å²) in [4.78, 5) is 15.2. The second-order valence-electron chi connectivity index (χ2n) is 6.99. The zero-order valence-corrected chi connectivity index (χ0v) is 14.5. The highest BCUT2D eigenvalue weighted by molar-refractivity contribution is 5.96. The zero-order valence-electron chi connectivity index (χ0n) is 14.5. The van der Waals surface area contributed by atoms with Crippen LogP contribution in [0.2, 0.25) is 0 Å². The maximum atomic E-state index is 12.8. The molecule has 3 heteroatoms. The molecule has 122 valence electrons. The number of piperidine rings is 1. The fraction of sp³-hybridized carbons (Fsp3) is 0.632. The van der Waals surface area contributed by atoms with Crippen LogP contribution in [0.15, 0.2) is 18.2 Å². The second-order valence-corrected chi connectivity index (χ2v) is 6.99. The van der Waals surface area contributed by atoms with Crippen LogP contribution in [0.3, 0.4) is 0 Å². The molecule has 0 bridgehead atoms. The van der Waals surface area contributed by atoms with Crippen molar-refractivity contribution in [3.8, 4) is 0 Å². The Bertz CT molecular complexity index is 490. The number of para-hydroxylation sites is 1. The van der Waals surface area contributed by atoms with Crippen LogP contribution >= 0.6 is 0 Å². The minimum absolute atomic E-state index is 0.0338. The van der Waals surface area contributed by atoms with Gasteiger partial charge in [-0.3, -0.25) is 9.69 Å². The summed E-state index contributed by atoms with van der Waals surface area (Å²) < 4.78 is 0. The van der Waals surface area contributed by atoms with E-state index >= 15 is 0 Å². The summed E-state index contributed by atoms with van der Waals surface area (Å²) in [5.41, 5.74) is 3.26. The Hall–Kier alpha value is -1.35. The molecule has 1 heterocycles. The van der Waals surface area contributed by atoms with Gasteiger partial charge in [0.25, 0.3) is 0 Å². The molecule has 1 unspecified atom stereocenters. The maximum Gasteiger partial charge on any atom is 0.241 e. The molecule has 1 N–H and O–H groups in total. The van der Waals surface area contributed by atoms with E-state index < -0.39 is 0 Å². The van der Waals surface area contributed by atoms with Gasteiger partial charge < -0.3 is 5.32 Å². The van der Waals surface area contributed by atoms with Gasteiger partial charge in [-0.25, -0.2) is 0 Å². The van der Waals surface area contributed by atoms with E-state index in [9.17, 15) is 4.79 Å². The Balaban J connectivity index is 2.05. The molecule has 1 saturated heterocycles. The number of carbonyl (C=O) groups is 1. The van der Waals surface area contributed by atoms with Crippen molar-refractivity contribution in [1.82, 2.24) is 4.90 Å². The highest BCUT2D eigenvalue weighted by Gasteiger charge is 2.28. The van der Waals surface area contributed by atoms with Gasteiger partial charge in [0.05, 0.1) is 6.04 Å². The second kappa shape index (κ2) is 7.77. The number of nitrogens with one attached hydrogen (secondary N) is 1. The average molecular weight is 302 g/mol. The SMILES string of the molecule is Cc1cccc(C)c1NC(=O)C1CCCCN1CCC(C)C. The molecule has 1 atom stereocenters. The lowest BCUT2D eigenvalue weighted by Crippen LogP contribution is -2.47. The fourth-order valence-electron chi connectivity index (χ4n) is 3.20. The first kappa shape index (κ1) is 17.0. The zero-order chi connectivity index (χ0) is 16.1. The number of aryl methyl sites for hydroxylation is 2. The Morgan fingerprint density at radius 3 is 2.59 bits per heavy atom. The summed E-state index contributed by atoms with van der Waals surface area (Å²) in [6.07, 6.45) is 4.51. The normalized spacial score (nSPS) is 19.4. The van der Waals surface area contributed by atoms with Crippen LogP contribution in [-0.2, 0) is 4.79 Å². The third kappa shape index (κ3) is 4.33. The van der Waals surface area contributed by atoms with E-state index in [2.05, 4.69) is 50.0 Å². The van der Waals surface area contributed by atoms with Gasteiger partial charge in [-0.15, -0.1) is 0 Å². The van der Waals surface area contributed by atoms with Crippen LogP contribution in [0, 0.1) is 19.8 Å². The van der Waals surface area contributed by atoms with E-state index in [0.29, 0.717) is 5.92 Å². The molecular weight excluding hydrogens is 272 g/mol. The van der Waals surface area contributed by atoms with Crippen LogP contribution in [-0.4, -0.2) is 29.9 Å². The van der Waals surface area contributed by atoms with Crippen molar-refractivity contribution in [1.29, 1.82) is 0 Å². The van der Waals surface area contributed by atoms with Crippen molar-refractivity contribution in [3.05, 3.63) is 29.3 Å². The molecule has 0 aromatic heterocycles. The smallest absolute Gasteiger partial charge is 0.241 e. The van der Waals surface area contributed by atoms with Crippen LogP contribution in [0.4, 0.5) is 5.69 Å². The topological polar surface area (TPSA) is 32.3 Å². The minimum Gasteiger partial charge on any atom is -0.324 e. The number of rotatable bonds is 5. The van der Waals surface area contributed by atoms with Gasteiger partial charge in [0.2, 0.25) is 5.91 Å². The summed E-state index contributed by atoms with van der Waals surface area (Å²) in [7, 11) is 0. The Morgan fingerprint density at radius 2 is 1.95 bits per heavy atom. The number of anilines is 1. The van der Waals surface area contributed by atoms with Gasteiger partial charge in [0.1, 0.15) is 0 Å². The van der Waals surface area contributed by atoms with Crippen LogP contribution in [0.5, 0.6) is 0 Å².